The Morgan fingerprint density at radius 3 is 2.79 bits per heavy atom. The molecule has 34 heavy (non-hydrogen) atoms. The van der Waals surface area contributed by atoms with Gasteiger partial charge in [0.1, 0.15) is 0 Å². The van der Waals surface area contributed by atoms with E-state index >= 15 is 0 Å². The minimum Gasteiger partial charge on any atom is -0.348 e. The molecule has 0 saturated heterocycles. The van der Waals surface area contributed by atoms with Crippen molar-refractivity contribution in [3.63, 3.8) is 0 Å². The molecule has 9 heteroatoms. The monoisotopic (exact) mass is 495 g/mol. The summed E-state index contributed by atoms with van der Waals surface area (Å²) in [5.74, 6) is 0.000295. The molecule has 7 nitrogen and oxygen atoms in total. The summed E-state index contributed by atoms with van der Waals surface area (Å²) >= 11 is 3.40. The number of amides is 2. The lowest BCUT2D eigenvalue weighted by Crippen LogP contribution is -2.37. The zero-order chi connectivity index (χ0) is 23.2. The van der Waals surface area contributed by atoms with Gasteiger partial charge in [-0.25, -0.2) is 4.98 Å². The highest BCUT2D eigenvalue weighted by Crippen LogP contribution is 2.33. The summed E-state index contributed by atoms with van der Waals surface area (Å²) in [6, 6.07) is 0.270. The summed E-state index contributed by atoms with van der Waals surface area (Å²) in [6.07, 6.45) is 8.11. The standard InChI is InChI=1S/C25H29N5O2S2/c1-15-21(34-14-26-15)9-11-30-20-8-10-29(12-18(20)23(28-30)24(31)27-16-6-7-16)25(32)19-13-33-22-5-3-2-4-17(19)22/h13-14,16H,2-12H2,1H3,(H,27,31). The van der Waals surface area contributed by atoms with Crippen molar-refractivity contribution >= 4 is 34.5 Å². The van der Waals surface area contributed by atoms with Gasteiger partial charge in [-0.05, 0) is 51.0 Å². The molecule has 3 aliphatic rings. The van der Waals surface area contributed by atoms with Crippen molar-refractivity contribution in [3.8, 4) is 0 Å². The van der Waals surface area contributed by atoms with Gasteiger partial charge >= 0.3 is 0 Å². The van der Waals surface area contributed by atoms with E-state index in [9.17, 15) is 9.59 Å². The van der Waals surface area contributed by atoms with E-state index in [0.29, 0.717) is 25.3 Å². The SMILES string of the molecule is Cc1ncsc1CCn1nc(C(=O)NC2CC2)c2c1CCN(C(=O)c1csc3c1CCCC3)C2. The van der Waals surface area contributed by atoms with Gasteiger partial charge in [0.15, 0.2) is 5.69 Å². The molecular weight excluding hydrogens is 466 g/mol. The molecule has 4 heterocycles. The number of rotatable bonds is 6. The van der Waals surface area contributed by atoms with Crippen molar-refractivity contribution < 1.29 is 9.59 Å². The molecule has 0 aromatic carbocycles. The van der Waals surface area contributed by atoms with Gasteiger partial charge in [0, 0.05) is 58.4 Å². The van der Waals surface area contributed by atoms with Crippen LogP contribution in [0.25, 0.3) is 0 Å². The summed E-state index contributed by atoms with van der Waals surface area (Å²) in [7, 11) is 0. The van der Waals surface area contributed by atoms with Crippen molar-refractivity contribution in [1.29, 1.82) is 0 Å². The van der Waals surface area contributed by atoms with Crippen LogP contribution >= 0.6 is 22.7 Å². The Labute approximate surface area is 207 Å². The molecular formula is C25H29N5O2S2. The molecule has 1 fully saturated rings. The lowest BCUT2D eigenvalue weighted by atomic mass is 9.95. The van der Waals surface area contributed by atoms with E-state index in [1.807, 2.05) is 22.0 Å². The number of carbonyl (C=O) groups excluding carboxylic acids is 2. The molecule has 1 N–H and O–H groups in total. The molecule has 0 bridgehead atoms. The summed E-state index contributed by atoms with van der Waals surface area (Å²) < 4.78 is 2.00. The topological polar surface area (TPSA) is 80.1 Å². The van der Waals surface area contributed by atoms with E-state index in [2.05, 4.69) is 15.7 Å². The number of nitrogens with one attached hydrogen (secondary N) is 1. The molecule has 0 atom stereocenters. The average Bonchev–Trinajstić information content (AvgIpc) is 3.25. The maximum absolute atomic E-state index is 13.5. The number of aromatic nitrogens is 3. The van der Waals surface area contributed by atoms with Crippen molar-refractivity contribution in [2.24, 2.45) is 0 Å². The molecule has 0 spiro atoms. The number of carbonyl (C=O) groups is 2. The second kappa shape index (κ2) is 8.92. The van der Waals surface area contributed by atoms with Crippen molar-refractivity contribution in [2.45, 2.75) is 77.4 Å². The van der Waals surface area contributed by atoms with Crippen LogP contribution < -0.4 is 5.32 Å². The van der Waals surface area contributed by atoms with Crippen LogP contribution in [0, 0.1) is 6.92 Å². The molecule has 2 amide bonds. The Bertz CT molecular complexity index is 1250. The second-order valence-electron chi connectivity index (χ2n) is 9.59. The lowest BCUT2D eigenvalue weighted by Gasteiger charge is -2.28. The number of thiophene rings is 1. The highest BCUT2D eigenvalue weighted by molar-refractivity contribution is 7.10. The lowest BCUT2D eigenvalue weighted by molar-refractivity contribution is 0.0729. The van der Waals surface area contributed by atoms with Crippen LogP contribution in [0.3, 0.4) is 0 Å². The molecule has 2 aliphatic carbocycles. The normalized spacial score (nSPS) is 17.4. The first-order valence-electron chi connectivity index (χ1n) is 12.3. The Morgan fingerprint density at radius 2 is 2.00 bits per heavy atom. The largest absolute Gasteiger partial charge is 0.348 e. The number of nitrogens with zero attached hydrogens (tertiary/aromatic N) is 4. The third-order valence-corrected chi connectivity index (χ3v) is 9.32. The highest BCUT2D eigenvalue weighted by atomic mass is 32.1. The van der Waals surface area contributed by atoms with Gasteiger partial charge in [-0.3, -0.25) is 14.3 Å². The fourth-order valence-electron chi connectivity index (χ4n) is 5.13. The maximum atomic E-state index is 13.5. The van der Waals surface area contributed by atoms with Crippen LogP contribution in [0.5, 0.6) is 0 Å². The number of hydrogen-bond donors (Lipinski definition) is 1. The Morgan fingerprint density at radius 1 is 1.15 bits per heavy atom. The number of fused-ring (bicyclic) bond motifs is 2. The van der Waals surface area contributed by atoms with Crippen LogP contribution in [0.15, 0.2) is 10.9 Å². The van der Waals surface area contributed by atoms with Gasteiger partial charge in [0.25, 0.3) is 11.8 Å². The van der Waals surface area contributed by atoms with E-state index in [0.717, 1.165) is 67.5 Å². The fourth-order valence-corrected chi connectivity index (χ4v) is 7.02. The van der Waals surface area contributed by atoms with Gasteiger partial charge in [-0.2, -0.15) is 5.10 Å². The van der Waals surface area contributed by atoms with Gasteiger partial charge in [-0.1, -0.05) is 0 Å². The summed E-state index contributed by atoms with van der Waals surface area (Å²) in [4.78, 5) is 35.5. The second-order valence-corrected chi connectivity index (χ2v) is 11.5. The number of thiazole rings is 1. The first-order chi connectivity index (χ1) is 16.6. The third-order valence-electron chi connectivity index (χ3n) is 7.24. The van der Waals surface area contributed by atoms with Gasteiger partial charge < -0.3 is 10.2 Å². The first-order valence-corrected chi connectivity index (χ1v) is 14.0. The van der Waals surface area contributed by atoms with Crippen LogP contribution in [0.1, 0.15) is 78.8 Å². The molecule has 3 aromatic heterocycles. The van der Waals surface area contributed by atoms with Gasteiger partial charge in [0.05, 0.1) is 23.3 Å². The van der Waals surface area contributed by atoms with Crippen LogP contribution in [-0.4, -0.2) is 44.1 Å². The Kier molecular flexibility index (Phi) is 5.77. The minimum absolute atomic E-state index is 0.103. The molecule has 178 valence electrons. The third kappa shape index (κ3) is 4.09. The van der Waals surface area contributed by atoms with Crippen molar-refractivity contribution in [2.75, 3.05) is 6.54 Å². The van der Waals surface area contributed by atoms with Crippen LogP contribution in [0.4, 0.5) is 0 Å². The van der Waals surface area contributed by atoms with E-state index in [-0.39, 0.29) is 17.9 Å². The number of aryl methyl sites for hydroxylation is 4. The maximum Gasteiger partial charge on any atom is 0.272 e. The van der Waals surface area contributed by atoms with E-state index in [1.54, 1.807) is 22.7 Å². The average molecular weight is 496 g/mol. The Hall–Kier alpha value is -2.52. The summed E-state index contributed by atoms with van der Waals surface area (Å²) in [5, 5.41) is 9.93. The molecule has 3 aromatic rings. The van der Waals surface area contributed by atoms with E-state index in [1.165, 1.54) is 21.7 Å². The smallest absolute Gasteiger partial charge is 0.272 e. The number of hydrogen-bond acceptors (Lipinski definition) is 6. The predicted octanol–water partition coefficient (Wildman–Crippen LogP) is 3.92. The van der Waals surface area contributed by atoms with E-state index in [4.69, 9.17) is 5.10 Å². The van der Waals surface area contributed by atoms with E-state index < -0.39 is 0 Å². The quantitative estimate of drug-likeness (QED) is 0.562. The predicted molar refractivity (Wildman–Crippen MR) is 133 cm³/mol. The fraction of sp³-hybridized carbons (Fsp3) is 0.520. The zero-order valence-electron chi connectivity index (χ0n) is 19.4. The molecule has 1 saturated carbocycles. The highest BCUT2D eigenvalue weighted by Gasteiger charge is 2.33. The van der Waals surface area contributed by atoms with Crippen LogP contribution in [-0.2, 0) is 38.8 Å². The molecule has 1 aliphatic heterocycles. The molecule has 6 rings (SSSR count). The van der Waals surface area contributed by atoms with Gasteiger partial charge in [0.2, 0.25) is 0 Å². The summed E-state index contributed by atoms with van der Waals surface area (Å²) in [5.41, 5.74) is 7.59. The Balaban J connectivity index is 1.27. The summed E-state index contributed by atoms with van der Waals surface area (Å²) in [6.45, 7) is 3.86. The molecule has 0 unspecified atom stereocenters. The van der Waals surface area contributed by atoms with Crippen molar-refractivity contribution in [1.82, 2.24) is 25.0 Å². The van der Waals surface area contributed by atoms with Crippen molar-refractivity contribution in [3.05, 3.63) is 54.4 Å². The van der Waals surface area contributed by atoms with Gasteiger partial charge in [-0.15, -0.1) is 22.7 Å². The molecule has 0 radical (unpaired) electrons. The minimum atomic E-state index is -0.103. The van der Waals surface area contributed by atoms with Crippen LogP contribution in [0.2, 0.25) is 0 Å². The zero-order valence-corrected chi connectivity index (χ0v) is 21.1. The first kappa shape index (κ1) is 22.0.